The van der Waals surface area contributed by atoms with Crippen LogP contribution in [0.25, 0.3) is 0 Å². The van der Waals surface area contributed by atoms with Crippen molar-refractivity contribution in [1.29, 1.82) is 0 Å². The first-order valence-electron chi connectivity index (χ1n) is 5.75. The number of esters is 1. The number of rotatable bonds is 3. The van der Waals surface area contributed by atoms with Gasteiger partial charge in [-0.1, -0.05) is 0 Å². The summed E-state index contributed by atoms with van der Waals surface area (Å²) >= 11 is 0. The first-order valence-corrected chi connectivity index (χ1v) is 5.75. The third kappa shape index (κ3) is 4.70. The molecule has 1 heterocycles. The standard InChI is InChI=1S/C12H18N2O5/c1-12(2,3)19-11(17)14-6-8(13-7-14)5-9(15)10(16)18-4/h6-7,9,15H,5H2,1-4H3. The van der Waals surface area contributed by atoms with Gasteiger partial charge in [0.15, 0.2) is 6.10 Å². The largest absolute Gasteiger partial charge is 0.467 e. The summed E-state index contributed by atoms with van der Waals surface area (Å²) in [7, 11) is 1.19. The van der Waals surface area contributed by atoms with Gasteiger partial charge in [-0.05, 0) is 20.8 Å². The van der Waals surface area contributed by atoms with Gasteiger partial charge in [0.05, 0.1) is 12.8 Å². The summed E-state index contributed by atoms with van der Waals surface area (Å²) in [5.74, 6) is -0.744. The normalized spacial score (nSPS) is 12.9. The van der Waals surface area contributed by atoms with Gasteiger partial charge in [0, 0.05) is 12.6 Å². The van der Waals surface area contributed by atoms with Crippen LogP contribution in [0.5, 0.6) is 0 Å². The lowest BCUT2D eigenvalue weighted by atomic mass is 10.2. The maximum Gasteiger partial charge on any atom is 0.419 e. The van der Waals surface area contributed by atoms with E-state index in [2.05, 4.69) is 9.72 Å². The van der Waals surface area contributed by atoms with Crippen LogP contribution in [0.2, 0.25) is 0 Å². The van der Waals surface area contributed by atoms with E-state index < -0.39 is 23.8 Å². The van der Waals surface area contributed by atoms with Crippen molar-refractivity contribution in [3.8, 4) is 0 Å². The molecule has 0 fully saturated rings. The summed E-state index contributed by atoms with van der Waals surface area (Å²) in [4.78, 5) is 26.7. The third-order valence-corrected chi connectivity index (χ3v) is 2.12. The second-order valence-corrected chi connectivity index (χ2v) is 5.00. The van der Waals surface area contributed by atoms with Gasteiger partial charge in [-0.2, -0.15) is 0 Å². The Bertz CT molecular complexity index is 461. The van der Waals surface area contributed by atoms with Crippen LogP contribution in [0.3, 0.4) is 0 Å². The quantitative estimate of drug-likeness (QED) is 0.815. The average Bonchev–Trinajstić information content (AvgIpc) is 2.74. The number of aromatic nitrogens is 2. The van der Waals surface area contributed by atoms with Crippen molar-refractivity contribution >= 4 is 12.1 Å². The second kappa shape index (κ2) is 5.83. The number of hydrogen-bond acceptors (Lipinski definition) is 6. The summed E-state index contributed by atoms with van der Waals surface area (Å²) in [6.45, 7) is 5.26. The molecule has 0 saturated carbocycles. The molecule has 7 heteroatoms. The number of nitrogens with zero attached hydrogens (tertiary/aromatic N) is 2. The summed E-state index contributed by atoms with van der Waals surface area (Å²) in [5, 5.41) is 9.47. The molecular weight excluding hydrogens is 252 g/mol. The molecule has 0 aliphatic heterocycles. The molecule has 0 aliphatic rings. The second-order valence-electron chi connectivity index (χ2n) is 5.00. The maximum absolute atomic E-state index is 11.7. The molecule has 1 rings (SSSR count). The Kier molecular flexibility index (Phi) is 4.66. The molecule has 0 saturated heterocycles. The zero-order chi connectivity index (χ0) is 14.6. The number of aliphatic hydroxyl groups is 1. The molecule has 1 unspecified atom stereocenters. The number of hydrogen-bond donors (Lipinski definition) is 1. The fraction of sp³-hybridized carbons (Fsp3) is 0.583. The van der Waals surface area contributed by atoms with Gasteiger partial charge in [0.25, 0.3) is 0 Å². The average molecular weight is 270 g/mol. The van der Waals surface area contributed by atoms with Crippen LogP contribution in [0, 0.1) is 0 Å². The number of methoxy groups -OCH3 is 1. The topological polar surface area (TPSA) is 90.7 Å². The third-order valence-electron chi connectivity index (χ3n) is 2.12. The van der Waals surface area contributed by atoms with E-state index in [1.165, 1.54) is 19.6 Å². The molecule has 1 aromatic heterocycles. The fourth-order valence-corrected chi connectivity index (χ4v) is 1.30. The van der Waals surface area contributed by atoms with Crippen molar-refractivity contribution < 1.29 is 24.2 Å². The molecule has 0 radical (unpaired) electrons. The van der Waals surface area contributed by atoms with Gasteiger partial charge in [-0.25, -0.2) is 19.1 Å². The lowest BCUT2D eigenvalue weighted by molar-refractivity contribution is -0.150. The highest BCUT2D eigenvalue weighted by molar-refractivity contribution is 5.74. The summed E-state index contributed by atoms with van der Waals surface area (Å²) in [5.41, 5.74) is -0.212. The van der Waals surface area contributed by atoms with Gasteiger partial charge in [-0.3, -0.25) is 0 Å². The molecule has 0 amide bonds. The van der Waals surface area contributed by atoms with Crippen LogP contribution < -0.4 is 0 Å². The first kappa shape index (κ1) is 15.2. The number of carbonyl (C=O) groups excluding carboxylic acids is 2. The summed E-state index contributed by atoms with van der Waals surface area (Å²) in [6, 6.07) is 0. The van der Waals surface area contributed by atoms with E-state index in [-0.39, 0.29) is 6.42 Å². The van der Waals surface area contributed by atoms with Gasteiger partial charge in [0.1, 0.15) is 11.9 Å². The van der Waals surface area contributed by atoms with E-state index >= 15 is 0 Å². The SMILES string of the molecule is COC(=O)C(O)Cc1cn(C(=O)OC(C)(C)C)cn1. The van der Waals surface area contributed by atoms with Crippen molar-refractivity contribution in [3.63, 3.8) is 0 Å². The number of aliphatic hydroxyl groups excluding tert-OH is 1. The van der Waals surface area contributed by atoms with Gasteiger partial charge < -0.3 is 14.6 Å². The monoisotopic (exact) mass is 270 g/mol. The molecule has 0 aliphatic carbocycles. The van der Waals surface area contributed by atoms with Gasteiger partial charge >= 0.3 is 12.1 Å². The minimum absolute atomic E-state index is 0.0253. The van der Waals surface area contributed by atoms with Crippen LogP contribution in [0.1, 0.15) is 26.5 Å². The number of ether oxygens (including phenoxy) is 2. The van der Waals surface area contributed by atoms with Gasteiger partial charge in [0.2, 0.25) is 0 Å². The Hall–Kier alpha value is -1.89. The summed E-state index contributed by atoms with van der Waals surface area (Å²) < 4.78 is 10.7. The number of carbonyl (C=O) groups is 2. The van der Waals surface area contributed by atoms with Crippen LogP contribution in [-0.4, -0.2) is 45.5 Å². The Labute approximate surface area is 111 Å². The van der Waals surface area contributed by atoms with Crippen LogP contribution in [0.4, 0.5) is 4.79 Å². The molecule has 106 valence electrons. The van der Waals surface area contributed by atoms with E-state index in [4.69, 9.17) is 4.74 Å². The summed E-state index contributed by atoms with van der Waals surface area (Å²) in [6.07, 6.45) is 0.779. The number of imidazole rings is 1. The molecule has 0 bridgehead atoms. The Morgan fingerprint density at radius 1 is 1.47 bits per heavy atom. The van der Waals surface area contributed by atoms with Crippen molar-refractivity contribution in [2.75, 3.05) is 7.11 Å². The zero-order valence-corrected chi connectivity index (χ0v) is 11.4. The fourth-order valence-electron chi connectivity index (χ4n) is 1.30. The van der Waals surface area contributed by atoms with E-state index in [0.717, 1.165) is 4.57 Å². The van der Waals surface area contributed by atoms with Crippen molar-refractivity contribution in [2.24, 2.45) is 0 Å². The van der Waals surface area contributed by atoms with E-state index in [9.17, 15) is 14.7 Å². The highest BCUT2D eigenvalue weighted by Crippen LogP contribution is 2.10. The molecule has 0 aromatic carbocycles. The molecule has 1 aromatic rings. The molecule has 7 nitrogen and oxygen atoms in total. The predicted molar refractivity (Wildman–Crippen MR) is 65.6 cm³/mol. The van der Waals surface area contributed by atoms with Gasteiger partial charge in [-0.15, -0.1) is 0 Å². The van der Waals surface area contributed by atoms with E-state index in [1.54, 1.807) is 20.8 Å². The highest BCUT2D eigenvalue weighted by Gasteiger charge is 2.20. The molecule has 19 heavy (non-hydrogen) atoms. The highest BCUT2D eigenvalue weighted by atomic mass is 16.6. The molecule has 1 N–H and O–H groups in total. The van der Waals surface area contributed by atoms with Crippen LogP contribution >= 0.6 is 0 Å². The Morgan fingerprint density at radius 2 is 2.11 bits per heavy atom. The van der Waals surface area contributed by atoms with Crippen LogP contribution in [0.15, 0.2) is 12.5 Å². The molecule has 1 atom stereocenters. The van der Waals surface area contributed by atoms with Crippen molar-refractivity contribution in [3.05, 3.63) is 18.2 Å². The smallest absolute Gasteiger partial charge is 0.419 e. The Morgan fingerprint density at radius 3 is 2.63 bits per heavy atom. The maximum atomic E-state index is 11.7. The lowest BCUT2D eigenvalue weighted by Gasteiger charge is -2.19. The van der Waals surface area contributed by atoms with E-state index in [0.29, 0.717) is 5.69 Å². The van der Waals surface area contributed by atoms with E-state index in [1.807, 2.05) is 0 Å². The Balaban J connectivity index is 2.67. The van der Waals surface area contributed by atoms with Crippen molar-refractivity contribution in [1.82, 2.24) is 9.55 Å². The van der Waals surface area contributed by atoms with Crippen LogP contribution in [-0.2, 0) is 20.7 Å². The van der Waals surface area contributed by atoms with Crippen molar-refractivity contribution in [2.45, 2.75) is 38.9 Å². The lowest BCUT2D eigenvalue weighted by Crippen LogP contribution is -2.26. The molecular formula is C12H18N2O5. The minimum Gasteiger partial charge on any atom is -0.467 e. The zero-order valence-electron chi connectivity index (χ0n) is 11.4. The molecule has 0 spiro atoms. The predicted octanol–water partition coefficient (Wildman–Crippen LogP) is 0.743. The first-order chi connectivity index (χ1) is 8.73. The minimum atomic E-state index is -1.30.